The van der Waals surface area contributed by atoms with Crippen LogP contribution >= 0.6 is 0 Å². The molecule has 0 unspecified atom stereocenters. The summed E-state index contributed by atoms with van der Waals surface area (Å²) < 4.78 is 7.48. The third-order valence-corrected chi connectivity index (χ3v) is 13.0. The predicted octanol–water partition coefficient (Wildman–Crippen LogP) is 11.4. The molecule has 0 aliphatic rings. The van der Waals surface area contributed by atoms with Crippen molar-refractivity contribution >= 4 is 77.4 Å². The number of para-hydroxylation sites is 4. The molecule has 0 aliphatic heterocycles. The van der Waals surface area contributed by atoms with E-state index in [-0.39, 0.29) is 14.5 Å². The van der Waals surface area contributed by atoms with E-state index in [4.69, 9.17) is 9.97 Å². The molecule has 0 saturated carbocycles. The van der Waals surface area contributed by atoms with Crippen molar-refractivity contribution < 1.29 is 0 Å². The Kier molecular flexibility index (Phi) is 6.23. The summed E-state index contributed by atoms with van der Waals surface area (Å²) in [5, 5.41) is 7.40. The molecule has 11 rings (SSSR count). The molecule has 0 N–H and O–H groups in total. The molecular formula is C46H28N4Se. The van der Waals surface area contributed by atoms with Crippen LogP contribution in [-0.2, 0) is 0 Å². The average molecular weight is 716 g/mol. The number of rotatable bonds is 4. The number of hydrogen-bond donors (Lipinski definition) is 0. The van der Waals surface area contributed by atoms with E-state index in [9.17, 15) is 0 Å². The second-order valence-electron chi connectivity index (χ2n) is 13.1. The first kappa shape index (κ1) is 28.6. The first-order valence-corrected chi connectivity index (χ1v) is 18.9. The number of fused-ring (bicyclic) bond motifs is 9. The van der Waals surface area contributed by atoms with Crippen molar-refractivity contribution in [3.8, 4) is 33.6 Å². The van der Waals surface area contributed by atoms with Crippen LogP contribution in [0.4, 0.5) is 0 Å². The molecule has 11 aromatic rings. The van der Waals surface area contributed by atoms with E-state index < -0.39 is 0 Å². The topological polar surface area (TPSA) is 35.6 Å². The minimum absolute atomic E-state index is 0.0706. The van der Waals surface area contributed by atoms with Crippen LogP contribution in [-0.4, -0.2) is 33.6 Å². The van der Waals surface area contributed by atoms with Crippen LogP contribution in [0.25, 0.3) is 96.5 Å². The molecule has 6 aromatic carbocycles. The number of aromatic nitrogens is 4. The zero-order valence-electron chi connectivity index (χ0n) is 27.4. The van der Waals surface area contributed by atoms with Crippen molar-refractivity contribution in [1.82, 2.24) is 19.1 Å². The Morgan fingerprint density at radius 3 is 1.24 bits per heavy atom. The Morgan fingerprint density at radius 1 is 0.353 bits per heavy atom. The van der Waals surface area contributed by atoms with Gasteiger partial charge in [-0.2, -0.15) is 0 Å². The second-order valence-corrected chi connectivity index (χ2v) is 15.2. The molecule has 0 fully saturated rings. The summed E-state index contributed by atoms with van der Waals surface area (Å²) in [5.74, 6) is 0. The van der Waals surface area contributed by atoms with Crippen molar-refractivity contribution in [3.05, 3.63) is 170 Å². The van der Waals surface area contributed by atoms with Crippen LogP contribution in [0.5, 0.6) is 0 Å². The minimum atomic E-state index is 0.0706. The first-order chi connectivity index (χ1) is 25.3. The molecule has 5 aromatic heterocycles. The summed E-state index contributed by atoms with van der Waals surface area (Å²) in [4.78, 5) is 9.62. The summed E-state index contributed by atoms with van der Waals surface area (Å²) >= 11 is 0.0706. The van der Waals surface area contributed by atoms with Crippen molar-refractivity contribution in [1.29, 1.82) is 0 Å². The number of hydrogen-bond acceptors (Lipinski definition) is 2. The summed E-state index contributed by atoms with van der Waals surface area (Å²) in [6.07, 6.45) is 8.19. The zero-order valence-corrected chi connectivity index (χ0v) is 29.1. The van der Waals surface area contributed by atoms with E-state index in [1.807, 2.05) is 12.4 Å². The number of nitrogens with zero attached hydrogens (tertiary/aromatic N) is 4. The van der Waals surface area contributed by atoms with Gasteiger partial charge in [0.25, 0.3) is 0 Å². The molecule has 0 amide bonds. The SMILES string of the molecule is c1ccc(-n2c3ccccc3c3cc(-c4cncc5c4[se]c4c(-c6ccc7c(c6)c6ccccc6n7-c6ccccc6)cncc45)ccc32)cc1. The Bertz CT molecular complexity index is 2920. The van der Waals surface area contributed by atoms with Gasteiger partial charge in [0.05, 0.1) is 0 Å². The molecule has 238 valence electrons. The summed E-state index contributed by atoms with van der Waals surface area (Å²) in [5.41, 5.74) is 12.0. The maximum atomic E-state index is 4.81. The van der Waals surface area contributed by atoms with E-state index in [0.29, 0.717) is 0 Å². The standard InChI is InChI=1S/C46H28N4Se/c1-3-11-31(12-4-1)49-41-17-9-7-15-33(41)35-23-29(19-21-43(35)49)37-25-47-27-39-40-28-48-26-38(46(40)51-45(37)39)30-20-22-44-36(24-30)34-16-8-10-18-42(34)50(44)32-13-5-2-6-14-32/h1-28H. The summed E-state index contributed by atoms with van der Waals surface area (Å²) in [7, 11) is 0. The molecule has 0 saturated heterocycles. The van der Waals surface area contributed by atoms with Crippen LogP contribution in [0.2, 0.25) is 0 Å². The van der Waals surface area contributed by atoms with Crippen molar-refractivity contribution in [3.63, 3.8) is 0 Å². The van der Waals surface area contributed by atoms with Crippen LogP contribution in [0.15, 0.2) is 170 Å². The summed E-state index contributed by atoms with van der Waals surface area (Å²) in [6.45, 7) is 0. The Hall–Kier alpha value is -6.26. The third kappa shape index (κ3) is 4.26. The molecule has 0 atom stereocenters. The van der Waals surface area contributed by atoms with Crippen LogP contribution in [0.1, 0.15) is 0 Å². The fourth-order valence-electron chi connectivity index (χ4n) is 8.01. The van der Waals surface area contributed by atoms with Gasteiger partial charge >= 0.3 is 301 Å². The van der Waals surface area contributed by atoms with Gasteiger partial charge < -0.3 is 0 Å². The Morgan fingerprint density at radius 2 is 0.765 bits per heavy atom. The van der Waals surface area contributed by atoms with Crippen molar-refractivity contribution in [2.45, 2.75) is 0 Å². The number of pyridine rings is 2. The van der Waals surface area contributed by atoms with Gasteiger partial charge in [-0.3, -0.25) is 0 Å². The van der Waals surface area contributed by atoms with E-state index in [2.05, 4.69) is 167 Å². The Balaban J connectivity index is 1.10. The van der Waals surface area contributed by atoms with Gasteiger partial charge in [0.15, 0.2) is 0 Å². The average Bonchev–Trinajstić information content (AvgIpc) is 3.86. The molecular weight excluding hydrogens is 687 g/mol. The maximum absolute atomic E-state index is 4.81. The van der Waals surface area contributed by atoms with Crippen LogP contribution in [0.3, 0.4) is 0 Å². The molecule has 0 bridgehead atoms. The van der Waals surface area contributed by atoms with Crippen LogP contribution in [0, 0.1) is 0 Å². The van der Waals surface area contributed by atoms with Gasteiger partial charge in [-0.15, -0.1) is 0 Å². The van der Waals surface area contributed by atoms with Gasteiger partial charge in [-0.1, -0.05) is 0 Å². The normalized spacial score (nSPS) is 11.9. The molecule has 5 heteroatoms. The quantitative estimate of drug-likeness (QED) is 0.170. The van der Waals surface area contributed by atoms with Gasteiger partial charge in [-0.05, 0) is 0 Å². The predicted molar refractivity (Wildman–Crippen MR) is 214 cm³/mol. The molecule has 0 aliphatic carbocycles. The first-order valence-electron chi connectivity index (χ1n) is 17.1. The second kappa shape index (κ2) is 11.1. The third-order valence-electron chi connectivity index (χ3n) is 10.3. The fraction of sp³-hybridized carbons (Fsp3) is 0. The van der Waals surface area contributed by atoms with E-state index in [1.165, 1.54) is 96.5 Å². The van der Waals surface area contributed by atoms with Gasteiger partial charge in [0.2, 0.25) is 0 Å². The van der Waals surface area contributed by atoms with Crippen molar-refractivity contribution in [2.75, 3.05) is 0 Å². The van der Waals surface area contributed by atoms with Gasteiger partial charge in [-0.25, -0.2) is 0 Å². The zero-order chi connectivity index (χ0) is 33.5. The molecule has 4 nitrogen and oxygen atoms in total. The monoisotopic (exact) mass is 716 g/mol. The van der Waals surface area contributed by atoms with Crippen molar-refractivity contribution in [2.24, 2.45) is 0 Å². The van der Waals surface area contributed by atoms with Gasteiger partial charge in [0.1, 0.15) is 0 Å². The molecule has 51 heavy (non-hydrogen) atoms. The van der Waals surface area contributed by atoms with E-state index >= 15 is 0 Å². The number of benzene rings is 6. The Labute approximate surface area is 299 Å². The summed E-state index contributed by atoms with van der Waals surface area (Å²) in [6, 6.07) is 52.5. The molecule has 5 heterocycles. The fourth-order valence-corrected chi connectivity index (χ4v) is 10.8. The molecule has 0 radical (unpaired) electrons. The molecule has 0 spiro atoms. The van der Waals surface area contributed by atoms with Crippen LogP contribution < -0.4 is 0 Å². The van der Waals surface area contributed by atoms with Gasteiger partial charge in [0, 0.05) is 0 Å². The van der Waals surface area contributed by atoms with E-state index in [1.54, 1.807) is 0 Å². The van der Waals surface area contributed by atoms with E-state index in [0.717, 1.165) is 0 Å².